The van der Waals surface area contributed by atoms with Gasteiger partial charge in [0, 0.05) is 31.6 Å². The number of nitrogens with one attached hydrogen (secondary N) is 1. The Morgan fingerprint density at radius 1 is 1.25 bits per heavy atom. The van der Waals surface area contributed by atoms with Crippen molar-refractivity contribution in [3.63, 3.8) is 0 Å². The minimum absolute atomic E-state index is 0.0242. The van der Waals surface area contributed by atoms with Gasteiger partial charge in [0.1, 0.15) is 5.84 Å². The standard InChI is InChI=1S/C17H23N3O3S/c1-20-11-5-10-16(20)19-24(22,23)15-9-4-8-14(12-15)18-17(21)13-6-2-3-7-13/h4,8-9,12-13H,2-3,5-7,10-11H2,1H3,(H,18,21)/b19-16-. The highest BCUT2D eigenvalue weighted by molar-refractivity contribution is 7.90. The number of nitrogens with zero attached hydrogens (tertiary/aromatic N) is 2. The first-order chi connectivity index (χ1) is 11.5. The normalized spacial score (nSPS) is 20.7. The van der Waals surface area contributed by atoms with E-state index >= 15 is 0 Å². The number of carbonyl (C=O) groups excluding carboxylic acids is 1. The molecule has 0 bridgehead atoms. The van der Waals surface area contributed by atoms with E-state index in [1.807, 2.05) is 11.9 Å². The molecule has 1 aliphatic carbocycles. The summed E-state index contributed by atoms with van der Waals surface area (Å²) in [4.78, 5) is 14.2. The summed E-state index contributed by atoms with van der Waals surface area (Å²) in [5, 5.41) is 2.84. The molecular formula is C17H23N3O3S. The molecule has 3 rings (SSSR count). The first-order valence-corrected chi connectivity index (χ1v) is 9.85. The summed E-state index contributed by atoms with van der Waals surface area (Å²) in [6.45, 7) is 0.825. The topological polar surface area (TPSA) is 78.8 Å². The smallest absolute Gasteiger partial charge is 0.284 e. The SMILES string of the molecule is CN1CCC/C1=N/S(=O)(=O)c1cccc(NC(=O)C2CCCC2)c1. The van der Waals surface area contributed by atoms with Crippen molar-refractivity contribution in [2.45, 2.75) is 43.4 Å². The highest BCUT2D eigenvalue weighted by atomic mass is 32.2. The zero-order valence-corrected chi connectivity index (χ0v) is 14.7. The van der Waals surface area contributed by atoms with Gasteiger partial charge in [-0.05, 0) is 37.5 Å². The lowest BCUT2D eigenvalue weighted by Crippen LogP contribution is -2.21. The minimum atomic E-state index is -3.76. The zero-order valence-electron chi connectivity index (χ0n) is 13.9. The molecule has 7 heteroatoms. The summed E-state index contributed by atoms with van der Waals surface area (Å²) >= 11 is 0. The minimum Gasteiger partial charge on any atom is -0.362 e. The fraction of sp³-hybridized carbons (Fsp3) is 0.529. The third-order valence-electron chi connectivity index (χ3n) is 4.69. The fourth-order valence-corrected chi connectivity index (χ4v) is 4.41. The molecule has 1 aliphatic heterocycles. The molecule has 0 radical (unpaired) electrons. The van der Waals surface area contributed by atoms with Crippen LogP contribution in [0, 0.1) is 5.92 Å². The molecule has 6 nitrogen and oxygen atoms in total. The van der Waals surface area contributed by atoms with Crippen LogP contribution in [-0.4, -0.2) is 38.7 Å². The molecule has 130 valence electrons. The Hall–Kier alpha value is -1.89. The lowest BCUT2D eigenvalue weighted by molar-refractivity contribution is -0.119. The molecule has 2 aliphatic rings. The second kappa shape index (κ2) is 6.93. The number of rotatable bonds is 4. The van der Waals surface area contributed by atoms with Crippen molar-refractivity contribution in [3.05, 3.63) is 24.3 Å². The maximum atomic E-state index is 12.5. The van der Waals surface area contributed by atoms with Crippen LogP contribution in [0.1, 0.15) is 38.5 Å². The Morgan fingerprint density at radius 2 is 2.00 bits per heavy atom. The van der Waals surface area contributed by atoms with Crippen LogP contribution in [-0.2, 0) is 14.8 Å². The van der Waals surface area contributed by atoms with Crippen LogP contribution >= 0.6 is 0 Å². The largest absolute Gasteiger partial charge is 0.362 e. The summed E-state index contributed by atoms with van der Waals surface area (Å²) in [7, 11) is -1.91. The number of anilines is 1. The molecule has 0 aromatic heterocycles. The second-order valence-electron chi connectivity index (χ2n) is 6.51. The monoisotopic (exact) mass is 349 g/mol. The van der Waals surface area contributed by atoms with Crippen molar-refractivity contribution in [3.8, 4) is 0 Å². The van der Waals surface area contributed by atoms with E-state index in [4.69, 9.17) is 0 Å². The summed E-state index contributed by atoms with van der Waals surface area (Å²) in [5.74, 6) is 0.608. The Morgan fingerprint density at radius 3 is 2.67 bits per heavy atom. The van der Waals surface area contributed by atoms with Gasteiger partial charge in [0.15, 0.2) is 0 Å². The van der Waals surface area contributed by atoms with Gasteiger partial charge in [0.05, 0.1) is 4.90 Å². The van der Waals surface area contributed by atoms with Crippen LogP contribution in [0.2, 0.25) is 0 Å². The highest BCUT2D eigenvalue weighted by Crippen LogP contribution is 2.26. The number of likely N-dealkylation sites (tertiary alicyclic amines) is 1. The van der Waals surface area contributed by atoms with Gasteiger partial charge in [-0.2, -0.15) is 8.42 Å². The van der Waals surface area contributed by atoms with E-state index in [9.17, 15) is 13.2 Å². The predicted molar refractivity (Wildman–Crippen MR) is 93.5 cm³/mol. The number of hydrogen-bond acceptors (Lipinski definition) is 3. The van der Waals surface area contributed by atoms with Gasteiger partial charge in [-0.1, -0.05) is 18.9 Å². The molecule has 1 aromatic carbocycles. The number of amides is 1. The summed E-state index contributed by atoms with van der Waals surface area (Å²) in [5.41, 5.74) is 0.507. The number of hydrogen-bond donors (Lipinski definition) is 1. The van der Waals surface area contributed by atoms with Gasteiger partial charge in [0.25, 0.3) is 10.0 Å². The van der Waals surface area contributed by atoms with Crippen LogP contribution in [0.5, 0.6) is 0 Å². The molecule has 0 spiro atoms. The molecule has 1 amide bonds. The van der Waals surface area contributed by atoms with Crippen molar-refractivity contribution in [1.82, 2.24) is 4.90 Å². The molecule has 1 aromatic rings. The number of carbonyl (C=O) groups is 1. The van der Waals surface area contributed by atoms with E-state index < -0.39 is 10.0 Å². The lowest BCUT2D eigenvalue weighted by Gasteiger charge is -2.12. The maximum absolute atomic E-state index is 12.5. The van der Waals surface area contributed by atoms with E-state index in [0.717, 1.165) is 38.6 Å². The van der Waals surface area contributed by atoms with E-state index in [1.54, 1.807) is 12.1 Å². The maximum Gasteiger partial charge on any atom is 0.284 e. The van der Waals surface area contributed by atoms with Crippen LogP contribution in [0.25, 0.3) is 0 Å². The van der Waals surface area contributed by atoms with E-state index in [1.165, 1.54) is 12.1 Å². The summed E-state index contributed by atoms with van der Waals surface area (Å²) in [6.07, 6.45) is 5.57. The van der Waals surface area contributed by atoms with Crippen LogP contribution in [0.3, 0.4) is 0 Å². The van der Waals surface area contributed by atoms with E-state index in [-0.39, 0.29) is 16.7 Å². The third-order valence-corrected chi connectivity index (χ3v) is 5.99. The average molecular weight is 349 g/mol. The van der Waals surface area contributed by atoms with Crippen LogP contribution < -0.4 is 5.32 Å². The number of sulfonamides is 1. The van der Waals surface area contributed by atoms with Crippen molar-refractivity contribution >= 4 is 27.5 Å². The first-order valence-electron chi connectivity index (χ1n) is 8.41. The molecule has 24 heavy (non-hydrogen) atoms. The van der Waals surface area contributed by atoms with Crippen molar-refractivity contribution in [2.75, 3.05) is 18.9 Å². The van der Waals surface area contributed by atoms with Gasteiger partial charge >= 0.3 is 0 Å². The molecule has 1 saturated carbocycles. The van der Waals surface area contributed by atoms with Crippen molar-refractivity contribution in [2.24, 2.45) is 10.3 Å². The van der Waals surface area contributed by atoms with E-state index in [0.29, 0.717) is 17.9 Å². The van der Waals surface area contributed by atoms with Gasteiger partial charge in [-0.15, -0.1) is 4.40 Å². The first kappa shape index (κ1) is 17.0. The molecule has 1 heterocycles. The molecule has 1 saturated heterocycles. The molecule has 1 N–H and O–H groups in total. The van der Waals surface area contributed by atoms with E-state index in [2.05, 4.69) is 9.71 Å². The fourth-order valence-electron chi connectivity index (χ4n) is 3.27. The van der Waals surface area contributed by atoms with Gasteiger partial charge in [-0.25, -0.2) is 0 Å². The zero-order chi connectivity index (χ0) is 17.2. The Balaban J connectivity index is 1.78. The third kappa shape index (κ3) is 3.77. The number of benzene rings is 1. The predicted octanol–water partition coefficient (Wildman–Crippen LogP) is 2.63. The second-order valence-corrected chi connectivity index (χ2v) is 8.11. The van der Waals surface area contributed by atoms with Crippen LogP contribution in [0.4, 0.5) is 5.69 Å². The quantitative estimate of drug-likeness (QED) is 0.906. The summed E-state index contributed by atoms with van der Waals surface area (Å²) in [6, 6.07) is 6.34. The van der Waals surface area contributed by atoms with Crippen molar-refractivity contribution < 1.29 is 13.2 Å². The molecule has 0 unspecified atom stereocenters. The molecular weight excluding hydrogens is 326 g/mol. The Bertz CT molecular complexity index is 752. The number of amidine groups is 1. The average Bonchev–Trinajstić information content (AvgIpc) is 3.20. The summed E-state index contributed by atoms with van der Waals surface area (Å²) < 4.78 is 29.0. The van der Waals surface area contributed by atoms with Gasteiger partial charge < -0.3 is 10.2 Å². The van der Waals surface area contributed by atoms with Gasteiger partial charge in [0.2, 0.25) is 5.91 Å². The van der Waals surface area contributed by atoms with Gasteiger partial charge in [-0.3, -0.25) is 4.79 Å². The molecule has 0 atom stereocenters. The molecule has 2 fully saturated rings. The van der Waals surface area contributed by atoms with Crippen LogP contribution in [0.15, 0.2) is 33.6 Å². The highest BCUT2D eigenvalue weighted by Gasteiger charge is 2.24. The lowest BCUT2D eigenvalue weighted by atomic mass is 10.1. The Kier molecular flexibility index (Phi) is 4.89. The Labute approximate surface area is 143 Å². The van der Waals surface area contributed by atoms with Crippen molar-refractivity contribution in [1.29, 1.82) is 0 Å².